The zero-order chi connectivity index (χ0) is 19.3. The van der Waals surface area contributed by atoms with E-state index in [1.165, 1.54) is 49.4 Å². The van der Waals surface area contributed by atoms with Gasteiger partial charge in [-0.25, -0.2) is 4.79 Å². The first-order valence-electron chi connectivity index (χ1n) is 7.56. The van der Waals surface area contributed by atoms with Crippen molar-refractivity contribution in [2.75, 3.05) is 0 Å². The van der Waals surface area contributed by atoms with Crippen molar-refractivity contribution < 1.29 is 32.6 Å². The van der Waals surface area contributed by atoms with Gasteiger partial charge < -0.3 is 9.84 Å². The van der Waals surface area contributed by atoms with Gasteiger partial charge in [0.25, 0.3) is 0 Å². The van der Waals surface area contributed by atoms with Crippen LogP contribution in [0, 0.1) is 0 Å². The Hall–Kier alpha value is -3.09. The number of rotatable bonds is 6. The Morgan fingerprint density at radius 3 is 2.27 bits per heavy atom. The van der Waals surface area contributed by atoms with Crippen LogP contribution in [0.5, 0.6) is 5.75 Å². The fraction of sp³-hybridized carbons (Fsp3) is 0.158. The lowest BCUT2D eigenvalue weighted by molar-refractivity contribution is -0.144. The molecule has 0 unspecified atom stereocenters. The van der Waals surface area contributed by atoms with Crippen molar-refractivity contribution in [3.05, 3.63) is 71.3 Å². The Balaban J connectivity index is 2.13. The molecule has 0 amide bonds. The van der Waals surface area contributed by atoms with E-state index in [4.69, 9.17) is 9.84 Å². The summed E-state index contributed by atoms with van der Waals surface area (Å²) in [4.78, 5) is 22.8. The molecule has 0 aliphatic heterocycles. The van der Waals surface area contributed by atoms with Crippen molar-refractivity contribution in [1.82, 2.24) is 0 Å². The number of allylic oxidation sites excluding steroid dienone is 1. The molecule has 7 heteroatoms. The number of hydrogen-bond acceptors (Lipinski definition) is 3. The number of hydrogen-bond donors (Lipinski definition) is 1. The number of carboxylic acid groups (broad SMARTS) is 1. The number of ether oxygens (including phenoxy) is 1. The minimum Gasteiger partial charge on any atom is -0.479 e. The third-order valence-electron chi connectivity index (χ3n) is 3.48. The van der Waals surface area contributed by atoms with Crippen LogP contribution in [0.1, 0.15) is 28.4 Å². The van der Waals surface area contributed by atoms with E-state index in [9.17, 15) is 22.8 Å². The zero-order valence-electron chi connectivity index (χ0n) is 13.7. The highest BCUT2D eigenvalue weighted by Crippen LogP contribution is 2.32. The van der Waals surface area contributed by atoms with E-state index in [0.29, 0.717) is 0 Å². The second kappa shape index (κ2) is 7.86. The van der Waals surface area contributed by atoms with Crippen LogP contribution in [0.4, 0.5) is 13.2 Å². The van der Waals surface area contributed by atoms with Gasteiger partial charge in [0.2, 0.25) is 0 Å². The van der Waals surface area contributed by atoms with Gasteiger partial charge in [0.05, 0.1) is 5.56 Å². The quantitative estimate of drug-likeness (QED) is 0.607. The van der Waals surface area contributed by atoms with Crippen molar-refractivity contribution in [3.8, 4) is 5.75 Å². The normalized spacial score (nSPS) is 12.8. The predicted molar refractivity (Wildman–Crippen MR) is 89.0 cm³/mol. The smallest absolute Gasteiger partial charge is 0.416 e. The highest BCUT2D eigenvalue weighted by atomic mass is 19.4. The van der Waals surface area contributed by atoms with E-state index >= 15 is 0 Å². The molecule has 0 aliphatic rings. The number of carbonyl (C=O) groups excluding carboxylic acids is 1. The van der Waals surface area contributed by atoms with Gasteiger partial charge in [-0.05, 0) is 48.9 Å². The molecule has 0 saturated carbocycles. The molecule has 26 heavy (non-hydrogen) atoms. The maximum Gasteiger partial charge on any atom is 0.416 e. The molecule has 1 N–H and O–H groups in total. The van der Waals surface area contributed by atoms with E-state index < -0.39 is 29.6 Å². The molecule has 0 aliphatic carbocycles. The molecule has 0 aromatic heterocycles. The largest absolute Gasteiger partial charge is 0.479 e. The number of halogens is 3. The zero-order valence-corrected chi connectivity index (χ0v) is 13.7. The minimum absolute atomic E-state index is 0.108. The fourth-order valence-electron chi connectivity index (χ4n) is 2.11. The Kier molecular flexibility index (Phi) is 5.82. The molecule has 2 aromatic carbocycles. The highest BCUT2D eigenvalue weighted by Gasteiger charge is 2.32. The number of carbonyl (C=O) groups is 2. The van der Waals surface area contributed by atoms with Crippen molar-refractivity contribution in [2.24, 2.45) is 0 Å². The maximum absolute atomic E-state index is 12.9. The van der Waals surface area contributed by atoms with Gasteiger partial charge in [0.15, 0.2) is 11.9 Å². The number of alkyl halides is 3. The molecule has 0 fully saturated rings. The highest BCUT2D eigenvalue weighted by molar-refractivity contribution is 6.06. The number of benzene rings is 2. The summed E-state index contributed by atoms with van der Waals surface area (Å²) >= 11 is 0. The van der Waals surface area contributed by atoms with Gasteiger partial charge in [0.1, 0.15) is 5.75 Å². The molecule has 0 saturated heterocycles. The Labute approximate surface area is 147 Å². The standard InChI is InChI=1S/C19H15F3O4/c1-12(18(24)25)26-15-9-6-14(7-10-15)17(23)11-8-13-4-2-3-5-16(13)19(20,21)22/h2-12H,1H3,(H,24,25)/b11-8+/t12-/m0/s1. The molecule has 136 valence electrons. The van der Waals surface area contributed by atoms with E-state index in [2.05, 4.69) is 0 Å². The molecule has 2 rings (SSSR count). The summed E-state index contributed by atoms with van der Waals surface area (Å²) in [6, 6.07) is 10.6. The van der Waals surface area contributed by atoms with E-state index in [0.717, 1.165) is 18.2 Å². The lowest BCUT2D eigenvalue weighted by atomic mass is 10.0. The first-order chi connectivity index (χ1) is 12.2. The third-order valence-corrected chi connectivity index (χ3v) is 3.48. The number of carboxylic acids is 1. The van der Waals surface area contributed by atoms with Gasteiger partial charge in [-0.15, -0.1) is 0 Å². The van der Waals surface area contributed by atoms with E-state index in [1.807, 2.05) is 0 Å². The fourth-order valence-corrected chi connectivity index (χ4v) is 2.11. The summed E-state index contributed by atoms with van der Waals surface area (Å²) in [5, 5.41) is 8.78. The van der Waals surface area contributed by atoms with Crippen molar-refractivity contribution >= 4 is 17.8 Å². The second-order valence-electron chi connectivity index (χ2n) is 5.41. The molecular weight excluding hydrogens is 349 g/mol. The number of ketones is 1. The molecule has 0 spiro atoms. The SMILES string of the molecule is C[C@H](Oc1ccc(C(=O)/C=C/c2ccccc2C(F)(F)F)cc1)C(=O)O. The summed E-state index contributed by atoms with van der Waals surface area (Å²) in [5.41, 5.74) is -0.694. The molecule has 2 aromatic rings. The molecular formula is C19H15F3O4. The van der Waals surface area contributed by atoms with Crippen LogP contribution in [-0.4, -0.2) is 23.0 Å². The van der Waals surface area contributed by atoms with Crippen LogP contribution in [0.2, 0.25) is 0 Å². The monoisotopic (exact) mass is 364 g/mol. The maximum atomic E-state index is 12.9. The summed E-state index contributed by atoms with van der Waals surface area (Å²) in [7, 11) is 0. The second-order valence-corrected chi connectivity index (χ2v) is 5.41. The third kappa shape index (κ3) is 4.95. The first kappa shape index (κ1) is 19.2. The van der Waals surface area contributed by atoms with E-state index in [-0.39, 0.29) is 16.9 Å². The predicted octanol–water partition coefficient (Wildman–Crippen LogP) is 4.45. The average Bonchev–Trinajstić information content (AvgIpc) is 2.59. The molecule has 4 nitrogen and oxygen atoms in total. The molecule has 0 radical (unpaired) electrons. The number of aliphatic carboxylic acids is 1. The van der Waals surface area contributed by atoms with Crippen LogP contribution < -0.4 is 4.74 Å². The van der Waals surface area contributed by atoms with Gasteiger partial charge in [-0.2, -0.15) is 13.2 Å². The van der Waals surface area contributed by atoms with Crippen LogP contribution in [0.15, 0.2) is 54.6 Å². The minimum atomic E-state index is -4.51. The average molecular weight is 364 g/mol. The molecule has 0 heterocycles. The van der Waals surface area contributed by atoms with Crippen molar-refractivity contribution in [3.63, 3.8) is 0 Å². The van der Waals surface area contributed by atoms with Crippen molar-refractivity contribution in [2.45, 2.75) is 19.2 Å². The van der Waals surface area contributed by atoms with Crippen molar-refractivity contribution in [1.29, 1.82) is 0 Å². The summed E-state index contributed by atoms with van der Waals surface area (Å²) < 4.78 is 43.9. The summed E-state index contributed by atoms with van der Waals surface area (Å²) in [5.74, 6) is -1.35. The Morgan fingerprint density at radius 2 is 1.69 bits per heavy atom. The Bertz CT molecular complexity index is 823. The summed E-state index contributed by atoms with van der Waals surface area (Å²) in [6.45, 7) is 1.36. The van der Waals surface area contributed by atoms with Gasteiger partial charge in [-0.1, -0.05) is 24.3 Å². The van der Waals surface area contributed by atoms with Crippen LogP contribution in [-0.2, 0) is 11.0 Å². The van der Waals surface area contributed by atoms with Crippen LogP contribution >= 0.6 is 0 Å². The van der Waals surface area contributed by atoms with Gasteiger partial charge >= 0.3 is 12.1 Å². The van der Waals surface area contributed by atoms with Crippen LogP contribution in [0.25, 0.3) is 6.08 Å². The summed E-state index contributed by atoms with van der Waals surface area (Å²) in [6.07, 6.45) is -3.39. The van der Waals surface area contributed by atoms with Crippen LogP contribution in [0.3, 0.4) is 0 Å². The Morgan fingerprint density at radius 1 is 1.08 bits per heavy atom. The van der Waals surface area contributed by atoms with Gasteiger partial charge in [0, 0.05) is 5.56 Å². The van der Waals surface area contributed by atoms with E-state index in [1.54, 1.807) is 0 Å². The topological polar surface area (TPSA) is 63.6 Å². The lowest BCUT2D eigenvalue weighted by Crippen LogP contribution is -2.22. The first-order valence-corrected chi connectivity index (χ1v) is 7.56. The lowest BCUT2D eigenvalue weighted by Gasteiger charge is -2.10. The molecule has 0 bridgehead atoms. The molecule has 1 atom stereocenters. The van der Waals surface area contributed by atoms with Gasteiger partial charge in [-0.3, -0.25) is 4.79 Å².